The van der Waals surface area contributed by atoms with Crippen LogP contribution in [0.4, 0.5) is 0 Å². The summed E-state index contributed by atoms with van der Waals surface area (Å²) in [7, 11) is 0. The average molecular weight is 257 g/mol. The number of fused-ring (bicyclic) bond motifs is 2. The molecule has 0 radical (unpaired) electrons. The minimum absolute atomic E-state index is 0.484. The van der Waals surface area contributed by atoms with Gasteiger partial charge < -0.3 is 0 Å². The van der Waals surface area contributed by atoms with Crippen LogP contribution in [0.5, 0.6) is 0 Å². The van der Waals surface area contributed by atoms with E-state index in [4.69, 9.17) is 0 Å². The van der Waals surface area contributed by atoms with E-state index in [9.17, 15) is 4.79 Å². The van der Waals surface area contributed by atoms with E-state index < -0.39 is 0 Å². The lowest BCUT2D eigenvalue weighted by molar-refractivity contribution is -0.128. The Balaban J connectivity index is 1.76. The Kier molecular flexibility index (Phi) is 3.69. The van der Waals surface area contributed by atoms with Gasteiger partial charge in [0, 0.05) is 25.4 Å². The van der Waals surface area contributed by atoms with Crippen molar-refractivity contribution in [2.45, 2.75) is 45.2 Å². The fourth-order valence-electron chi connectivity index (χ4n) is 4.06. The number of hydrogen-bond donors (Lipinski definition) is 0. The summed E-state index contributed by atoms with van der Waals surface area (Å²) in [5.74, 6) is 1.87. The van der Waals surface area contributed by atoms with Gasteiger partial charge in [0.15, 0.2) is 0 Å². The second-order valence-corrected chi connectivity index (χ2v) is 6.09. The summed E-state index contributed by atoms with van der Waals surface area (Å²) in [5.41, 5.74) is 1.37. The van der Waals surface area contributed by atoms with Gasteiger partial charge in [0.1, 0.15) is 5.78 Å². The van der Waals surface area contributed by atoms with Gasteiger partial charge in [-0.1, -0.05) is 43.7 Å². The van der Waals surface area contributed by atoms with Gasteiger partial charge >= 0.3 is 0 Å². The molecule has 0 aromatic heterocycles. The first-order valence-corrected chi connectivity index (χ1v) is 7.57. The maximum Gasteiger partial charge on any atom is 0.134 e. The first-order valence-electron chi connectivity index (χ1n) is 7.57. The van der Waals surface area contributed by atoms with Gasteiger partial charge in [-0.3, -0.25) is 9.69 Å². The maximum absolute atomic E-state index is 11.9. The van der Waals surface area contributed by atoms with Crippen LogP contribution in [0, 0.1) is 11.8 Å². The molecule has 1 aliphatic carbocycles. The summed E-state index contributed by atoms with van der Waals surface area (Å²) < 4.78 is 0. The highest BCUT2D eigenvalue weighted by molar-refractivity contribution is 5.80. The molecule has 1 unspecified atom stereocenters. The van der Waals surface area contributed by atoms with Crippen molar-refractivity contribution in [3.05, 3.63) is 35.9 Å². The number of benzene rings is 1. The molecular weight excluding hydrogens is 234 g/mol. The number of likely N-dealkylation sites (tertiary alicyclic amines) is 1. The van der Waals surface area contributed by atoms with Crippen LogP contribution in [0.25, 0.3) is 0 Å². The van der Waals surface area contributed by atoms with E-state index in [1.807, 2.05) is 0 Å². The van der Waals surface area contributed by atoms with E-state index in [1.165, 1.54) is 18.4 Å². The van der Waals surface area contributed by atoms with Gasteiger partial charge in [0.2, 0.25) is 0 Å². The van der Waals surface area contributed by atoms with E-state index in [-0.39, 0.29) is 0 Å². The fraction of sp³-hybridized carbons (Fsp3) is 0.588. The second kappa shape index (κ2) is 5.46. The number of piperidine rings is 1. The zero-order chi connectivity index (χ0) is 13.2. The standard InChI is InChI=1S/C17H23NO/c1-2-16-14-8-9-18(17(16)11-15(19)10-14)12-13-6-4-3-5-7-13/h3-7,14,16-17H,2,8-12H2,1H3/t14-,16?,17+/m1/s1. The quantitative estimate of drug-likeness (QED) is 0.828. The highest BCUT2D eigenvalue weighted by Gasteiger charge is 2.42. The number of carbonyl (C=O) groups is 1. The third kappa shape index (κ3) is 2.59. The first kappa shape index (κ1) is 12.9. The number of rotatable bonds is 3. The molecule has 0 amide bonds. The highest BCUT2D eigenvalue weighted by atomic mass is 16.1. The SMILES string of the molecule is CCC1[C@@H]2CCN(Cc3ccccc3)[C@H]1CC(=O)C2. The lowest BCUT2D eigenvalue weighted by Crippen LogP contribution is -2.52. The summed E-state index contributed by atoms with van der Waals surface area (Å²) >= 11 is 0. The molecule has 2 nitrogen and oxygen atoms in total. The van der Waals surface area contributed by atoms with Crippen LogP contribution in [0.2, 0.25) is 0 Å². The summed E-state index contributed by atoms with van der Waals surface area (Å²) in [4.78, 5) is 14.5. The van der Waals surface area contributed by atoms with Crippen LogP contribution in [-0.2, 0) is 11.3 Å². The second-order valence-electron chi connectivity index (χ2n) is 6.09. The summed E-state index contributed by atoms with van der Waals surface area (Å²) in [6.07, 6.45) is 4.04. The smallest absolute Gasteiger partial charge is 0.134 e. The molecule has 1 saturated heterocycles. The van der Waals surface area contributed by atoms with Crippen molar-refractivity contribution in [3.8, 4) is 0 Å². The zero-order valence-corrected chi connectivity index (χ0v) is 11.7. The molecule has 19 heavy (non-hydrogen) atoms. The summed E-state index contributed by atoms with van der Waals surface area (Å²) in [5, 5.41) is 0. The monoisotopic (exact) mass is 257 g/mol. The van der Waals surface area contributed by atoms with E-state index in [1.54, 1.807) is 0 Å². The van der Waals surface area contributed by atoms with Crippen molar-refractivity contribution in [1.29, 1.82) is 0 Å². The molecule has 102 valence electrons. The van der Waals surface area contributed by atoms with Gasteiger partial charge in [0.05, 0.1) is 0 Å². The van der Waals surface area contributed by atoms with Gasteiger partial charge in [-0.05, 0) is 30.4 Å². The Labute approximate surface area is 115 Å². The number of nitrogens with zero attached hydrogens (tertiary/aromatic N) is 1. The third-order valence-corrected chi connectivity index (χ3v) is 4.98. The molecule has 1 aromatic carbocycles. The van der Waals surface area contributed by atoms with Crippen LogP contribution >= 0.6 is 0 Å². The lowest BCUT2D eigenvalue weighted by atomic mass is 9.69. The predicted octanol–water partition coefficient (Wildman–Crippen LogP) is 3.27. The Morgan fingerprint density at radius 1 is 1.21 bits per heavy atom. The van der Waals surface area contributed by atoms with Crippen LogP contribution in [-0.4, -0.2) is 23.3 Å². The molecular formula is C17H23NO. The van der Waals surface area contributed by atoms with Crippen molar-refractivity contribution in [2.75, 3.05) is 6.54 Å². The van der Waals surface area contributed by atoms with Crippen LogP contribution < -0.4 is 0 Å². The van der Waals surface area contributed by atoms with Crippen LogP contribution in [0.3, 0.4) is 0 Å². The van der Waals surface area contributed by atoms with Crippen molar-refractivity contribution < 1.29 is 4.79 Å². The van der Waals surface area contributed by atoms with E-state index in [0.717, 1.165) is 31.8 Å². The number of Topliss-reactive ketones (excluding diaryl/α,β-unsaturated/α-hetero) is 1. The van der Waals surface area contributed by atoms with E-state index >= 15 is 0 Å². The third-order valence-electron chi connectivity index (χ3n) is 4.98. The molecule has 3 atom stereocenters. The van der Waals surface area contributed by atoms with Crippen molar-refractivity contribution in [3.63, 3.8) is 0 Å². The van der Waals surface area contributed by atoms with Crippen LogP contribution in [0.15, 0.2) is 30.3 Å². The summed E-state index contributed by atoms with van der Waals surface area (Å²) in [6, 6.07) is 11.1. The molecule has 2 heteroatoms. The van der Waals surface area contributed by atoms with Gasteiger partial charge in [-0.25, -0.2) is 0 Å². The minimum atomic E-state index is 0.484. The molecule has 0 N–H and O–H groups in total. The number of hydrogen-bond acceptors (Lipinski definition) is 2. The van der Waals surface area contributed by atoms with Gasteiger partial charge in [-0.15, -0.1) is 0 Å². The molecule has 0 spiro atoms. The average Bonchev–Trinajstić information content (AvgIpc) is 2.42. The molecule has 1 aromatic rings. The molecule has 3 rings (SSSR count). The normalized spacial score (nSPS) is 31.4. The number of carbonyl (C=O) groups excluding carboxylic acids is 1. The minimum Gasteiger partial charge on any atom is -0.300 e. The van der Waals surface area contributed by atoms with Crippen molar-refractivity contribution in [1.82, 2.24) is 4.90 Å². The molecule has 2 fully saturated rings. The molecule has 1 heterocycles. The molecule has 1 aliphatic heterocycles. The largest absolute Gasteiger partial charge is 0.300 e. The van der Waals surface area contributed by atoms with Crippen LogP contribution in [0.1, 0.15) is 38.2 Å². The van der Waals surface area contributed by atoms with Gasteiger partial charge in [0.25, 0.3) is 0 Å². The van der Waals surface area contributed by atoms with Gasteiger partial charge in [-0.2, -0.15) is 0 Å². The Morgan fingerprint density at radius 2 is 2.00 bits per heavy atom. The van der Waals surface area contributed by atoms with Crippen molar-refractivity contribution in [2.24, 2.45) is 11.8 Å². The first-order chi connectivity index (χ1) is 9.28. The lowest BCUT2D eigenvalue weighted by Gasteiger charge is -2.48. The highest BCUT2D eigenvalue weighted by Crippen LogP contribution is 2.40. The molecule has 2 aliphatic rings. The van der Waals surface area contributed by atoms with Crippen molar-refractivity contribution >= 4 is 5.78 Å². The topological polar surface area (TPSA) is 20.3 Å². The number of ketones is 1. The summed E-state index contributed by atoms with van der Waals surface area (Å²) in [6.45, 7) is 4.45. The molecule has 2 bridgehead atoms. The van der Waals surface area contributed by atoms with E-state index in [0.29, 0.717) is 17.7 Å². The fourth-order valence-corrected chi connectivity index (χ4v) is 4.06. The maximum atomic E-state index is 11.9. The Bertz CT molecular complexity index is 442. The predicted molar refractivity (Wildman–Crippen MR) is 76.8 cm³/mol. The Morgan fingerprint density at radius 3 is 2.74 bits per heavy atom. The Hall–Kier alpha value is -1.15. The molecule has 1 saturated carbocycles. The van der Waals surface area contributed by atoms with E-state index in [2.05, 4.69) is 42.2 Å². The zero-order valence-electron chi connectivity index (χ0n) is 11.7.